The van der Waals surface area contributed by atoms with Crippen LogP contribution in [0.2, 0.25) is 0 Å². The highest BCUT2D eigenvalue weighted by molar-refractivity contribution is 5.41. The molecule has 0 N–H and O–H groups in total. The highest BCUT2D eigenvalue weighted by Crippen LogP contribution is 2.30. The minimum absolute atomic E-state index is 0.549. The fourth-order valence-electron chi connectivity index (χ4n) is 4.36. The Balaban J connectivity index is 1.46. The number of hydrogen-bond acceptors (Lipinski definition) is 5. The van der Waals surface area contributed by atoms with E-state index in [-0.39, 0.29) is 0 Å². The average molecular weight is 355 g/mol. The van der Waals surface area contributed by atoms with Gasteiger partial charge in [-0.25, -0.2) is 9.97 Å². The lowest BCUT2D eigenvalue weighted by Gasteiger charge is -2.37. The largest absolute Gasteiger partial charge is 0.353 e. The number of piperidine rings is 2. The van der Waals surface area contributed by atoms with Gasteiger partial charge < -0.3 is 9.80 Å². The number of rotatable bonds is 5. The molecule has 2 saturated heterocycles. The molecule has 4 rings (SSSR count). The van der Waals surface area contributed by atoms with Crippen LogP contribution in [0.3, 0.4) is 0 Å². The van der Waals surface area contributed by atoms with E-state index in [9.17, 15) is 0 Å². The Morgan fingerprint density at radius 2 is 1.96 bits per heavy atom. The van der Waals surface area contributed by atoms with Gasteiger partial charge in [-0.2, -0.15) is 5.10 Å². The first-order valence-electron chi connectivity index (χ1n) is 10.0. The van der Waals surface area contributed by atoms with Gasteiger partial charge >= 0.3 is 0 Å². The summed E-state index contributed by atoms with van der Waals surface area (Å²) in [5.74, 6) is 1.71. The van der Waals surface area contributed by atoms with E-state index in [0.717, 1.165) is 25.3 Å². The van der Waals surface area contributed by atoms with Crippen LogP contribution in [0.25, 0.3) is 0 Å². The first-order chi connectivity index (χ1) is 12.8. The third-order valence-corrected chi connectivity index (χ3v) is 5.98. The fourth-order valence-corrected chi connectivity index (χ4v) is 4.36. The van der Waals surface area contributed by atoms with Crippen LogP contribution >= 0.6 is 0 Å². The fraction of sp³-hybridized carbons (Fsp3) is 0.650. The number of aryl methyl sites for hydroxylation is 1. The Bertz CT molecular complexity index is 677. The molecule has 2 aromatic rings. The lowest BCUT2D eigenvalue weighted by atomic mass is 9.93. The maximum atomic E-state index is 4.65. The minimum atomic E-state index is 0.549. The van der Waals surface area contributed by atoms with Crippen molar-refractivity contribution in [3.05, 3.63) is 36.5 Å². The van der Waals surface area contributed by atoms with Gasteiger partial charge in [0.15, 0.2) is 0 Å². The van der Waals surface area contributed by atoms with Crippen LogP contribution in [-0.2, 0) is 6.54 Å². The summed E-state index contributed by atoms with van der Waals surface area (Å²) in [4.78, 5) is 14.2. The van der Waals surface area contributed by atoms with Crippen molar-refractivity contribution >= 4 is 5.82 Å². The number of anilines is 1. The maximum absolute atomic E-state index is 4.65. The quantitative estimate of drug-likeness (QED) is 0.826. The highest BCUT2D eigenvalue weighted by Gasteiger charge is 2.25. The molecule has 0 radical (unpaired) electrons. The van der Waals surface area contributed by atoms with E-state index in [2.05, 4.69) is 44.2 Å². The predicted molar refractivity (Wildman–Crippen MR) is 103 cm³/mol. The van der Waals surface area contributed by atoms with Crippen molar-refractivity contribution in [2.24, 2.45) is 0 Å². The summed E-state index contributed by atoms with van der Waals surface area (Å²) in [6.07, 6.45) is 13.0. The Morgan fingerprint density at radius 1 is 1.08 bits per heavy atom. The van der Waals surface area contributed by atoms with E-state index < -0.39 is 0 Å². The van der Waals surface area contributed by atoms with Gasteiger partial charge in [0.1, 0.15) is 12.1 Å². The van der Waals surface area contributed by atoms with Gasteiger partial charge in [-0.05, 0) is 64.7 Å². The monoisotopic (exact) mass is 354 g/mol. The third-order valence-electron chi connectivity index (χ3n) is 5.98. The molecule has 6 nitrogen and oxygen atoms in total. The van der Waals surface area contributed by atoms with Gasteiger partial charge in [-0.3, -0.25) is 4.68 Å². The van der Waals surface area contributed by atoms with E-state index in [4.69, 9.17) is 0 Å². The zero-order chi connectivity index (χ0) is 17.8. The van der Waals surface area contributed by atoms with Gasteiger partial charge in [0.2, 0.25) is 0 Å². The molecule has 0 amide bonds. The third kappa shape index (κ3) is 4.06. The summed E-state index contributed by atoms with van der Waals surface area (Å²) >= 11 is 0. The van der Waals surface area contributed by atoms with Gasteiger partial charge in [-0.1, -0.05) is 0 Å². The Labute approximate surface area is 156 Å². The molecule has 2 aliphatic heterocycles. The van der Waals surface area contributed by atoms with Crippen LogP contribution in [-0.4, -0.2) is 57.4 Å². The summed E-state index contributed by atoms with van der Waals surface area (Å²) in [6, 6.07) is 4.81. The molecular weight excluding hydrogens is 324 g/mol. The van der Waals surface area contributed by atoms with Crippen LogP contribution in [0.5, 0.6) is 0 Å². The smallest absolute Gasteiger partial charge is 0.132 e. The van der Waals surface area contributed by atoms with Crippen molar-refractivity contribution < 1.29 is 0 Å². The first-order valence-corrected chi connectivity index (χ1v) is 10.0. The molecule has 2 aromatic heterocycles. The van der Waals surface area contributed by atoms with Gasteiger partial charge in [0.05, 0.1) is 0 Å². The summed E-state index contributed by atoms with van der Waals surface area (Å²) in [7, 11) is 2.21. The highest BCUT2D eigenvalue weighted by atomic mass is 15.3. The van der Waals surface area contributed by atoms with Crippen LogP contribution in [0, 0.1) is 0 Å². The number of aromatic nitrogens is 4. The van der Waals surface area contributed by atoms with Gasteiger partial charge in [0, 0.05) is 49.2 Å². The molecule has 1 unspecified atom stereocenters. The molecule has 0 aromatic carbocycles. The van der Waals surface area contributed by atoms with Crippen molar-refractivity contribution in [1.29, 1.82) is 0 Å². The zero-order valence-corrected chi connectivity index (χ0v) is 15.8. The summed E-state index contributed by atoms with van der Waals surface area (Å²) in [6.45, 7) is 4.41. The van der Waals surface area contributed by atoms with Crippen LogP contribution in [0.15, 0.2) is 30.9 Å². The first kappa shape index (κ1) is 17.5. The van der Waals surface area contributed by atoms with Crippen molar-refractivity contribution in [2.75, 3.05) is 31.6 Å². The number of nitrogens with zero attached hydrogens (tertiary/aromatic N) is 6. The molecule has 0 aliphatic carbocycles. The van der Waals surface area contributed by atoms with E-state index in [0.29, 0.717) is 12.0 Å². The molecule has 26 heavy (non-hydrogen) atoms. The van der Waals surface area contributed by atoms with Crippen molar-refractivity contribution in [3.63, 3.8) is 0 Å². The molecule has 1 atom stereocenters. The van der Waals surface area contributed by atoms with E-state index >= 15 is 0 Å². The van der Waals surface area contributed by atoms with E-state index in [1.54, 1.807) is 6.33 Å². The molecule has 140 valence electrons. The lowest BCUT2D eigenvalue weighted by molar-refractivity contribution is 0.253. The molecular formula is C20H30N6. The predicted octanol–water partition coefficient (Wildman–Crippen LogP) is 2.93. The second kappa shape index (κ2) is 8.16. The molecule has 0 saturated carbocycles. The van der Waals surface area contributed by atoms with Gasteiger partial charge in [0.25, 0.3) is 0 Å². The van der Waals surface area contributed by atoms with Gasteiger partial charge in [-0.15, -0.1) is 0 Å². The Morgan fingerprint density at radius 3 is 2.77 bits per heavy atom. The Hall–Kier alpha value is -1.95. The molecule has 4 heterocycles. The maximum Gasteiger partial charge on any atom is 0.132 e. The normalized spacial score (nSPS) is 22.7. The molecule has 0 spiro atoms. The summed E-state index contributed by atoms with van der Waals surface area (Å²) in [5.41, 5.74) is 1.24. The second-order valence-electron chi connectivity index (χ2n) is 7.78. The average Bonchev–Trinajstić information content (AvgIpc) is 3.21. The number of likely N-dealkylation sites (tertiary alicyclic amines) is 1. The zero-order valence-electron chi connectivity index (χ0n) is 15.8. The number of hydrogen-bond donors (Lipinski definition) is 0. The van der Waals surface area contributed by atoms with Crippen molar-refractivity contribution in [1.82, 2.24) is 24.6 Å². The SMILES string of the molecule is CN1CCC(c2cc(N3CCCCC3CCn3cccn3)ncn2)CC1. The lowest BCUT2D eigenvalue weighted by Crippen LogP contribution is -2.41. The van der Waals surface area contributed by atoms with E-state index in [1.165, 1.54) is 50.9 Å². The van der Waals surface area contributed by atoms with Crippen molar-refractivity contribution in [3.8, 4) is 0 Å². The van der Waals surface area contributed by atoms with E-state index in [1.807, 2.05) is 16.9 Å². The Kier molecular flexibility index (Phi) is 5.48. The minimum Gasteiger partial charge on any atom is -0.353 e. The van der Waals surface area contributed by atoms with Crippen LogP contribution in [0.1, 0.15) is 50.1 Å². The topological polar surface area (TPSA) is 50.1 Å². The van der Waals surface area contributed by atoms with Crippen LogP contribution in [0.4, 0.5) is 5.82 Å². The second-order valence-corrected chi connectivity index (χ2v) is 7.78. The standard InChI is InChI=1S/C20H30N6/c1-24-12-6-17(7-13-24)19-15-20(22-16-21-19)26-11-3-2-5-18(26)8-14-25-10-4-9-23-25/h4,9-10,15-18H,2-3,5-8,11-14H2,1H3. The molecule has 0 bridgehead atoms. The summed E-state index contributed by atoms with van der Waals surface area (Å²) < 4.78 is 2.04. The van der Waals surface area contributed by atoms with Crippen molar-refractivity contribution in [2.45, 2.75) is 57.0 Å². The van der Waals surface area contributed by atoms with Crippen LogP contribution < -0.4 is 4.90 Å². The molecule has 2 fully saturated rings. The molecule has 6 heteroatoms. The molecule has 2 aliphatic rings. The summed E-state index contributed by atoms with van der Waals surface area (Å²) in [5, 5.41) is 4.35.